The molecule has 1 heterocycles. The smallest absolute Gasteiger partial charge is 0.0459 e. The van der Waals surface area contributed by atoms with Crippen molar-refractivity contribution in [3.05, 3.63) is 33.9 Å². The third-order valence-electron chi connectivity index (χ3n) is 4.21. The topological polar surface area (TPSA) is 15.8 Å². The Labute approximate surface area is 117 Å². The highest BCUT2D eigenvalue weighted by atomic mass is 79.9. The van der Waals surface area contributed by atoms with E-state index < -0.39 is 0 Å². The molecule has 1 aliphatic carbocycles. The molecule has 1 aromatic heterocycles. The fourth-order valence-electron chi connectivity index (χ4n) is 3.30. The van der Waals surface area contributed by atoms with Crippen molar-refractivity contribution in [1.82, 2.24) is 4.98 Å². The van der Waals surface area contributed by atoms with Crippen LogP contribution in [-0.4, -0.2) is 4.98 Å². The zero-order chi connectivity index (χ0) is 12.9. The van der Waals surface area contributed by atoms with Crippen LogP contribution in [0.3, 0.4) is 0 Å². The van der Waals surface area contributed by atoms with Crippen LogP contribution in [0.5, 0.6) is 0 Å². The zero-order valence-electron chi connectivity index (χ0n) is 11.3. The molecule has 96 valence electrons. The first-order valence-electron chi connectivity index (χ1n) is 6.77. The number of aromatic nitrogens is 1. The molecule has 1 unspecified atom stereocenters. The molecule has 0 saturated heterocycles. The molecule has 0 aliphatic heterocycles. The van der Waals surface area contributed by atoms with Crippen LogP contribution in [-0.2, 0) is 6.42 Å². The summed E-state index contributed by atoms with van der Waals surface area (Å²) in [7, 11) is 0. The molecule has 0 fully saturated rings. The number of hydrogen-bond acceptors (Lipinski definition) is 0. The second-order valence-corrected chi connectivity index (χ2v) is 7.43. The molecule has 1 aromatic carbocycles. The number of rotatable bonds is 0. The predicted molar refractivity (Wildman–Crippen MR) is 81.1 cm³/mol. The van der Waals surface area contributed by atoms with Gasteiger partial charge in [-0.25, -0.2) is 0 Å². The van der Waals surface area contributed by atoms with Gasteiger partial charge in [0.25, 0.3) is 0 Å². The van der Waals surface area contributed by atoms with Gasteiger partial charge in [-0.05, 0) is 48.4 Å². The number of aryl methyl sites for hydroxylation is 1. The first-order chi connectivity index (χ1) is 8.47. The first-order valence-corrected chi connectivity index (χ1v) is 7.56. The van der Waals surface area contributed by atoms with Crippen LogP contribution in [0.25, 0.3) is 10.9 Å². The van der Waals surface area contributed by atoms with Gasteiger partial charge in [-0.2, -0.15) is 0 Å². The van der Waals surface area contributed by atoms with Crippen LogP contribution < -0.4 is 0 Å². The molecular weight excluding hydrogens is 286 g/mol. The number of benzene rings is 1. The Morgan fingerprint density at radius 2 is 2.06 bits per heavy atom. The van der Waals surface area contributed by atoms with E-state index in [0.717, 1.165) is 0 Å². The predicted octanol–water partition coefficient (Wildman–Crippen LogP) is 5.40. The Bertz CT molecular complexity index is 589. The highest BCUT2D eigenvalue weighted by Crippen LogP contribution is 2.45. The van der Waals surface area contributed by atoms with E-state index in [1.165, 1.54) is 40.3 Å². The molecule has 3 rings (SSSR count). The largest absolute Gasteiger partial charge is 0.358 e. The van der Waals surface area contributed by atoms with E-state index in [0.29, 0.717) is 11.3 Å². The van der Waals surface area contributed by atoms with Gasteiger partial charge in [-0.1, -0.05) is 36.7 Å². The molecule has 0 radical (unpaired) electrons. The third kappa shape index (κ3) is 1.91. The van der Waals surface area contributed by atoms with Crippen molar-refractivity contribution in [2.75, 3.05) is 0 Å². The summed E-state index contributed by atoms with van der Waals surface area (Å²) < 4.78 is 1.18. The summed E-state index contributed by atoms with van der Waals surface area (Å²) in [5, 5.41) is 1.41. The highest BCUT2D eigenvalue weighted by Gasteiger charge is 2.32. The Morgan fingerprint density at radius 1 is 1.28 bits per heavy atom. The van der Waals surface area contributed by atoms with E-state index in [9.17, 15) is 0 Å². The lowest BCUT2D eigenvalue weighted by Gasteiger charge is -2.34. The summed E-state index contributed by atoms with van der Waals surface area (Å²) in [6, 6.07) is 6.57. The summed E-state index contributed by atoms with van der Waals surface area (Å²) in [6.45, 7) is 7.07. The summed E-state index contributed by atoms with van der Waals surface area (Å²) >= 11 is 3.59. The summed E-state index contributed by atoms with van der Waals surface area (Å²) in [5.41, 5.74) is 4.67. The van der Waals surface area contributed by atoms with E-state index in [2.05, 4.69) is 59.9 Å². The molecular formula is C16H20BrN. The van der Waals surface area contributed by atoms with Gasteiger partial charge in [-0.3, -0.25) is 0 Å². The quantitative estimate of drug-likeness (QED) is 0.671. The minimum Gasteiger partial charge on any atom is -0.358 e. The van der Waals surface area contributed by atoms with E-state index in [4.69, 9.17) is 0 Å². The molecule has 2 heteroatoms. The number of H-pyrrole nitrogens is 1. The van der Waals surface area contributed by atoms with Crippen molar-refractivity contribution >= 4 is 26.8 Å². The minimum atomic E-state index is 0.341. The number of aromatic amines is 1. The van der Waals surface area contributed by atoms with Crippen LogP contribution in [0.15, 0.2) is 22.7 Å². The van der Waals surface area contributed by atoms with Gasteiger partial charge >= 0.3 is 0 Å². The molecule has 1 atom stereocenters. The molecule has 2 aromatic rings. The Hall–Kier alpha value is -0.760. The molecule has 18 heavy (non-hydrogen) atoms. The minimum absolute atomic E-state index is 0.341. The normalized spacial score (nSPS) is 20.1. The Balaban J connectivity index is 2.22. The van der Waals surface area contributed by atoms with Gasteiger partial charge < -0.3 is 4.98 Å². The van der Waals surface area contributed by atoms with Gasteiger partial charge in [0, 0.05) is 27.0 Å². The average Bonchev–Trinajstić information content (AvgIpc) is 2.65. The first kappa shape index (κ1) is 12.3. The zero-order valence-corrected chi connectivity index (χ0v) is 12.9. The van der Waals surface area contributed by atoms with Crippen molar-refractivity contribution < 1.29 is 0 Å². The fraction of sp³-hybridized carbons (Fsp3) is 0.500. The van der Waals surface area contributed by atoms with Gasteiger partial charge in [-0.15, -0.1) is 0 Å². The van der Waals surface area contributed by atoms with Crippen molar-refractivity contribution in [2.45, 2.75) is 46.0 Å². The van der Waals surface area contributed by atoms with E-state index >= 15 is 0 Å². The second-order valence-electron chi connectivity index (χ2n) is 6.52. The standard InChI is InChI=1S/C16H20BrN/c1-16(2,3)13-6-4-5-11-12-9-10(17)7-8-14(12)18-15(11)13/h7-9,13,18H,4-6H2,1-3H3. The van der Waals surface area contributed by atoms with Crippen LogP contribution in [0, 0.1) is 5.41 Å². The summed E-state index contributed by atoms with van der Waals surface area (Å²) in [6.07, 6.45) is 3.84. The van der Waals surface area contributed by atoms with Crippen LogP contribution in [0.2, 0.25) is 0 Å². The van der Waals surface area contributed by atoms with E-state index in [1.807, 2.05) is 0 Å². The monoisotopic (exact) mass is 305 g/mol. The van der Waals surface area contributed by atoms with Gasteiger partial charge in [0.15, 0.2) is 0 Å². The average molecular weight is 306 g/mol. The molecule has 1 nitrogen and oxygen atoms in total. The molecule has 1 aliphatic rings. The number of hydrogen-bond donors (Lipinski definition) is 1. The van der Waals surface area contributed by atoms with E-state index in [1.54, 1.807) is 5.56 Å². The maximum Gasteiger partial charge on any atom is 0.0459 e. The highest BCUT2D eigenvalue weighted by molar-refractivity contribution is 9.10. The van der Waals surface area contributed by atoms with Crippen molar-refractivity contribution in [1.29, 1.82) is 0 Å². The molecule has 1 N–H and O–H groups in total. The third-order valence-corrected chi connectivity index (χ3v) is 4.71. The van der Waals surface area contributed by atoms with Crippen molar-refractivity contribution in [2.24, 2.45) is 5.41 Å². The summed E-state index contributed by atoms with van der Waals surface area (Å²) in [4.78, 5) is 3.68. The maximum atomic E-state index is 3.68. The van der Waals surface area contributed by atoms with Crippen molar-refractivity contribution in [3.63, 3.8) is 0 Å². The van der Waals surface area contributed by atoms with Crippen LogP contribution in [0.1, 0.15) is 50.8 Å². The molecule has 0 spiro atoms. The molecule has 0 bridgehead atoms. The number of halogens is 1. The Kier molecular flexibility index (Phi) is 2.81. The Morgan fingerprint density at radius 3 is 2.78 bits per heavy atom. The second kappa shape index (κ2) is 4.12. The van der Waals surface area contributed by atoms with Crippen LogP contribution in [0.4, 0.5) is 0 Å². The SMILES string of the molecule is CC(C)(C)C1CCCc2c1[nH]c1ccc(Br)cc21. The summed E-state index contributed by atoms with van der Waals surface area (Å²) in [5.74, 6) is 0.660. The van der Waals surface area contributed by atoms with E-state index in [-0.39, 0.29) is 0 Å². The van der Waals surface area contributed by atoms with Gasteiger partial charge in [0.1, 0.15) is 0 Å². The fourth-order valence-corrected chi connectivity index (χ4v) is 3.66. The molecule has 0 saturated carbocycles. The molecule has 0 amide bonds. The number of nitrogens with one attached hydrogen (secondary N) is 1. The van der Waals surface area contributed by atoms with Crippen LogP contribution >= 0.6 is 15.9 Å². The number of fused-ring (bicyclic) bond motifs is 3. The van der Waals surface area contributed by atoms with Gasteiger partial charge in [0.2, 0.25) is 0 Å². The van der Waals surface area contributed by atoms with Gasteiger partial charge in [0.05, 0.1) is 0 Å². The lowest BCUT2D eigenvalue weighted by molar-refractivity contribution is 0.285. The lowest BCUT2D eigenvalue weighted by Crippen LogP contribution is -2.22. The van der Waals surface area contributed by atoms with Crippen molar-refractivity contribution in [3.8, 4) is 0 Å². The lowest BCUT2D eigenvalue weighted by atomic mass is 9.72. The maximum absolute atomic E-state index is 3.68.